The lowest BCUT2D eigenvalue weighted by atomic mass is 10.0. The van der Waals surface area contributed by atoms with E-state index in [1.165, 1.54) is 32.9 Å². The molecule has 0 aromatic heterocycles. The molecule has 1 N–H and O–H groups in total. The first-order chi connectivity index (χ1) is 10.8. The molecule has 0 saturated heterocycles. The number of rotatable bonds is 1. The molecular weight excluding hydrogens is 393 g/mol. The van der Waals surface area contributed by atoms with E-state index in [1.807, 2.05) is 0 Å². The maximum atomic E-state index is 13.4. The van der Waals surface area contributed by atoms with Crippen LogP contribution in [-0.2, 0) is 4.74 Å². The highest BCUT2D eigenvalue weighted by Gasteiger charge is 2.64. The van der Waals surface area contributed by atoms with Crippen LogP contribution in [-0.4, -0.2) is 39.4 Å². The van der Waals surface area contributed by atoms with Gasteiger partial charge in [0.25, 0.3) is 5.72 Å². The summed E-state index contributed by atoms with van der Waals surface area (Å²) in [5.74, 6) is 0. The van der Waals surface area contributed by atoms with E-state index in [0.29, 0.717) is 5.56 Å². The summed E-state index contributed by atoms with van der Waals surface area (Å²) in [5, 5.41) is 13.8. The molecule has 2 rings (SSSR count). The first kappa shape index (κ1) is 18.7. The van der Waals surface area contributed by atoms with Crippen molar-refractivity contribution in [1.29, 1.82) is 0 Å². The number of carbonyl (C=O) groups excluding carboxylic acids is 1. The van der Waals surface area contributed by atoms with Gasteiger partial charge in [-0.15, -0.1) is 0 Å². The quantitative estimate of drug-likeness (QED) is 0.762. The first-order valence-corrected chi connectivity index (χ1v) is 7.78. The normalized spacial score (nSPS) is 21.7. The molecule has 0 radical (unpaired) electrons. The fourth-order valence-corrected chi connectivity index (χ4v) is 2.33. The Labute approximate surface area is 145 Å². The Hall–Kier alpha value is -1.61. The number of hydrogen-bond acceptors (Lipinski definition) is 4. The summed E-state index contributed by atoms with van der Waals surface area (Å²) in [7, 11) is 0. The molecule has 0 spiro atoms. The number of aliphatic hydroxyl groups is 1. The van der Waals surface area contributed by atoms with Gasteiger partial charge in [-0.05, 0) is 38.5 Å². The van der Waals surface area contributed by atoms with Gasteiger partial charge in [-0.25, -0.2) is 4.79 Å². The largest absolute Gasteiger partial charge is 0.442 e. The van der Waals surface area contributed by atoms with E-state index in [9.17, 15) is 23.1 Å². The molecule has 0 bridgehead atoms. The van der Waals surface area contributed by atoms with Crippen LogP contribution in [0.5, 0.6) is 0 Å². The first-order valence-electron chi connectivity index (χ1n) is 6.99. The lowest BCUT2D eigenvalue weighted by Crippen LogP contribution is -2.57. The van der Waals surface area contributed by atoms with E-state index >= 15 is 0 Å². The molecular formula is C15H16BrF3N2O3. The van der Waals surface area contributed by atoms with Crippen molar-refractivity contribution in [2.45, 2.75) is 44.7 Å². The molecule has 1 heterocycles. The molecule has 24 heavy (non-hydrogen) atoms. The van der Waals surface area contributed by atoms with Crippen LogP contribution >= 0.6 is 15.9 Å². The summed E-state index contributed by atoms with van der Waals surface area (Å²) >= 11 is 3.22. The number of hydrazone groups is 1. The van der Waals surface area contributed by atoms with Crippen molar-refractivity contribution in [3.63, 3.8) is 0 Å². The van der Waals surface area contributed by atoms with E-state index in [2.05, 4.69) is 21.0 Å². The second kappa shape index (κ2) is 6.03. The highest BCUT2D eigenvalue weighted by atomic mass is 79.9. The maximum Gasteiger partial charge on any atom is 0.439 e. The van der Waals surface area contributed by atoms with Crippen LogP contribution in [0.25, 0.3) is 0 Å². The van der Waals surface area contributed by atoms with E-state index in [-0.39, 0.29) is 10.7 Å². The standard InChI is InChI=1S/C15H16BrF3N2O3/c1-13(2,3)24-12(22)21-14(23,15(17,18)19)8-11(20-21)9-4-6-10(16)7-5-9/h4-7,23H,8H2,1-3H3. The zero-order valence-electron chi connectivity index (χ0n) is 13.2. The second-order valence-electron chi connectivity index (χ2n) is 6.34. The highest BCUT2D eigenvalue weighted by Crippen LogP contribution is 2.42. The number of halogens is 4. The van der Waals surface area contributed by atoms with Crippen LogP contribution in [0.3, 0.4) is 0 Å². The molecule has 132 valence electrons. The van der Waals surface area contributed by atoms with Gasteiger partial charge in [0.1, 0.15) is 5.60 Å². The molecule has 1 atom stereocenters. The molecule has 0 aliphatic carbocycles. The van der Waals surface area contributed by atoms with Gasteiger partial charge in [0.15, 0.2) is 0 Å². The summed E-state index contributed by atoms with van der Waals surface area (Å²) in [6, 6.07) is 6.33. The molecule has 1 aromatic rings. The van der Waals surface area contributed by atoms with Crippen molar-refractivity contribution in [3.8, 4) is 0 Å². The molecule has 1 amide bonds. The van der Waals surface area contributed by atoms with Gasteiger partial charge in [-0.1, -0.05) is 28.1 Å². The van der Waals surface area contributed by atoms with Crippen LogP contribution in [0.4, 0.5) is 18.0 Å². The third-order valence-corrected chi connectivity index (χ3v) is 3.71. The number of benzene rings is 1. The fraction of sp³-hybridized carbons (Fsp3) is 0.467. The Kier molecular flexibility index (Phi) is 4.71. The fourth-order valence-electron chi connectivity index (χ4n) is 2.07. The summed E-state index contributed by atoms with van der Waals surface area (Å²) < 4.78 is 45.7. The Morgan fingerprint density at radius 2 is 1.83 bits per heavy atom. The van der Waals surface area contributed by atoms with Gasteiger partial charge in [-0.2, -0.15) is 23.3 Å². The number of alkyl halides is 3. The van der Waals surface area contributed by atoms with Crippen molar-refractivity contribution in [2.75, 3.05) is 0 Å². The van der Waals surface area contributed by atoms with Crippen molar-refractivity contribution < 1.29 is 27.8 Å². The highest BCUT2D eigenvalue weighted by molar-refractivity contribution is 9.10. The zero-order chi connectivity index (χ0) is 18.3. The number of carbonyl (C=O) groups is 1. The topological polar surface area (TPSA) is 62.1 Å². The summed E-state index contributed by atoms with van der Waals surface area (Å²) in [5.41, 5.74) is -4.17. The van der Waals surface area contributed by atoms with E-state index in [4.69, 9.17) is 4.74 Å². The van der Waals surface area contributed by atoms with Crippen LogP contribution in [0.2, 0.25) is 0 Å². The average molecular weight is 409 g/mol. The molecule has 1 aliphatic heterocycles. The number of nitrogens with zero attached hydrogens (tertiary/aromatic N) is 2. The molecule has 0 fully saturated rings. The molecule has 1 unspecified atom stereocenters. The summed E-state index contributed by atoms with van der Waals surface area (Å²) in [6.07, 6.45) is -7.34. The zero-order valence-corrected chi connectivity index (χ0v) is 14.8. The minimum Gasteiger partial charge on any atom is -0.442 e. The smallest absolute Gasteiger partial charge is 0.439 e. The minimum atomic E-state index is -5.09. The Morgan fingerprint density at radius 3 is 2.29 bits per heavy atom. The minimum absolute atomic E-state index is 0.0321. The number of hydrogen-bond donors (Lipinski definition) is 1. The van der Waals surface area contributed by atoms with Gasteiger partial charge in [0, 0.05) is 4.47 Å². The molecule has 0 saturated carbocycles. The van der Waals surface area contributed by atoms with Crippen LogP contribution in [0, 0.1) is 0 Å². The summed E-state index contributed by atoms with van der Waals surface area (Å²) in [4.78, 5) is 12.1. The third-order valence-electron chi connectivity index (χ3n) is 3.18. The second-order valence-corrected chi connectivity index (χ2v) is 7.25. The lowest BCUT2D eigenvalue weighted by molar-refractivity contribution is -0.300. The third kappa shape index (κ3) is 3.72. The lowest BCUT2D eigenvalue weighted by Gasteiger charge is -2.33. The van der Waals surface area contributed by atoms with E-state index in [0.717, 1.165) is 4.47 Å². The van der Waals surface area contributed by atoms with Crippen molar-refractivity contribution >= 4 is 27.7 Å². The number of ether oxygens (including phenoxy) is 1. The Balaban J connectivity index is 2.41. The average Bonchev–Trinajstić information content (AvgIpc) is 2.76. The van der Waals surface area contributed by atoms with Gasteiger partial charge in [0.05, 0.1) is 12.1 Å². The maximum absolute atomic E-state index is 13.4. The SMILES string of the molecule is CC(C)(C)OC(=O)N1N=C(c2ccc(Br)cc2)CC1(O)C(F)(F)F. The predicted octanol–water partition coefficient (Wildman–Crippen LogP) is 4.04. The van der Waals surface area contributed by atoms with Gasteiger partial charge in [0.2, 0.25) is 0 Å². The summed E-state index contributed by atoms with van der Waals surface area (Å²) in [6.45, 7) is 4.52. The van der Waals surface area contributed by atoms with Gasteiger partial charge < -0.3 is 9.84 Å². The van der Waals surface area contributed by atoms with Crippen molar-refractivity contribution in [1.82, 2.24) is 5.01 Å². The van der Waals surface area contributed by atoms with E-state index < -0.39 is 30.0 Å². The predicted molar refractivity (Wildman–Crippen MR) is 84.4 cm³/mol. The monoisotopic (exact) mass is 408 g/mol. The van der Waals surface area contributed by atoms with Crippen LogP contribution < -0.4 is 0 Å². The Morgan fingerprint density at radius 1 is 1.29 bits per heavy atom. The van der Waals surface area contributed by atoms with Crippen molar-refractivity contribution in [3.05, 3.63) is 34.3 Å². The Bertz CT molecular complexity index is 668. The van der Waals surface area contributed by atoms with Crippen LogP contribution in [0.15, 0.2) is 33.8 Å². The van der Waals surface area contributed by atoms with Gasteiger partial charge >= 0.3 is 12.3 Å². The van der Waals surface area contributed by atoms with Crippen molar-refractivity contribution in [2.24, 2.45) is 5.10 Å². The van der Waals surface area contributed by atoms with Crippen LogP contribution in [0.1, 0.15) is 32.8 Å². The molecule has 5 nitrogen and oxygen atoms in total. The number of amides is 1. The van der Waals surface area contributed by atoms with E-state index in [1.54, 1.807) is 12.1 Å². The molecule has 1 aliphatic rings. The molecule has 1 aromatic carbocycles. The van der Waals surface area contributed by atoms with Gasteiger partial charge in [-0.3, -0.25) is 0 Å². The molecule has 9 heteroatoms.